The molecule has 2 unspecified atom stereocenters. The van der Waals surface area contributed by atoms with Gasteiger partial charge in [-0.1, -0.05) is 36.8 Å². The van der Waals surface area contributed by atoms with Crippen LogP contribution in [0.15, 0.2) is 24.3 Å². The van der Waals surface area contributed by atoms with Crippen LogP contribution < -0.4 is 0 Å². The summed E-state index contributed by atoms with van der Waals surface area (Å²) >= 11 is 0. The van der Waals surface area contributed by atoms with Crippen LogP contribution in [-0.4, -0.2) is 23.9 Å². The topological polar surface area (TPSA) is 29.5 Å². The zero-order valence-corrected chi connectivity index (χ0v) is 10.4. The molecule has 0 radical (unpaired) electrons. The Kier molecular flexibility index (Phi) is 5.50. The van der Waals surface area contributed by atoms with Crippen LogP contribution in [0.25, 0.3) is 0 Å². The third-order valence-electron chi connectivity index (χ3n) is 2.74. The predicted molar refractivity (Wildman–Crippen MR) is 66.6 cm³/mol. The van der Waals surface area contributed by atoms with E-state index in [9.17, 15) is 5.11 Å². The van der Waals surface area contributed by atoms with Gasteiger partial charge in [-0.15, -0.1) is 0 Å². The Labute approximate surface area is 98.3 Å². The van der Waals surface area contributed by atoms with Crippen molar-refractivity contribution in [3.63, 3.8) is 0 Å². The van der Waals surface area contributed by atoms with E-state index in [-0.39, 0.29) is 6.10 Å². The highest BCUT2D eigenvalue weighted by Crippen LogP contribution is 2.12. The number of hydrogen-bond donors (Lipinski definition) is 1. The maximum Gasteiger partial charge on any atom is 0.0841 e. The molecule has 0 spiro atoms. The molecule has 1 N–H and O–H groups in total. The molecule has 0 fully saturated rings. The molecule has 0 aliphatic rings. The quantitative estimate of drug-likeness (QED) is 0.802. The Morgan fingerprint density at radius 1 is 1.31 bits per heavy atom. The summed E-state index contributed by atoms with van der Waals surface area (Å²) in [4.78, 5) is 0. The van der Waals surface area contributed by atoms with Crippen molar-refractivity contribution in [3.05, 3.63) is 35.4 Å². The van der Waals surface area contributed by atoms with Crippen LogP contribution in [0.2, 0.25) is 0 Å². The summed E-state index contributed by atoms with van der Waals surface area (Å²) in [5.74, 6) is 0. The van der Waals surface area contributed by atoms with Gasteiger partial charge in [0.1, 0.15) is 0 Å². The molecule has 2 heteroatoms. The van der Waals surface area contributed by atoms with E-state index in [0.717, 1.165) is 6.42 Å². The fraction of sp³-hybridized carbons (Fsp3) is 0.571. The van der Waals surface area contributed by atoms with Gasteiger partial charge in [0.25, 0.3) is 0 Å². The van der Waals surface area contributed by atoms with Crippen LogP contribution in [0.3, 0.4) is 0 Å². The van der Waals surface area contributed by atoms with Crippen molar-refractivity contribution < 1.29 is 9.84 Å². The summed E-state index contributed by atoms with van der Waals surface area (Å²) in [7, 11) is 0. The molecule has 16 heavy (non-hydrogen) atoms. The largest absolute Gasteiger partial charge is 0.390 e. The van der Waals surface area contributed by atoms with Crippen LogP contribution >= 0.6 is 0 Å². The molecule has 0 aromatic heterocycles. The fourth-order valence-electron chi connectivity index (χ4n) is 1.93. The fourth-order valence-corrected chi connectivity index (χ4v) is 1.93. The minimum atomic E-state index is -0.410. The van der Waals surface area contributed by atoms with Crippen molar-refractivity contribution >= 4 is 0 Å². The first-order valence-electron chi connectivity index (χ1n) is 6.02. The van der Waals surface area contributed by atoms with E-state index in [1.54, 1.807) is 0 Å². The third kappa shape index (κ3) is 3.95. The van der Waals surface area contributed by atoms with E-state index in [1.807, 2.05) is 19.9 Å². The van der Waals surface area contributed by atoms with Gasteiger partial charge in [-0.25, -0.2) is 0 Å². The van der Waals surface area contributed by atoms with Gasteiger partial charge in [0.2, 0.25) is 0 Å². The summed E-state index contributed by atoms with van der Waals surface area (Å²) < 4.78 is 5.51. The molecule has 90 valence electrons. The minimum absolute atomic E-state index is 0.0505. The summed E-state index contributed by atoms with van der Waals surface area (Å²) in [6.45, 7) is 6.72. The SMILES string of the molecule is CCOC(CC)C(O)Cc1cccc(C)c1. The highest BCUT2D eigenvalue weighted by Gasteiger charge is 2.17. The molecule has 1 rings (SSSR count). The van der Waals surface area contributed by atoms with E-state index in [0.29, 0.717) is 13.0 Å². The highest BCUT2D eigenvalue weighted by atomic mass is 16.5. The molecule has 0 heterocycles. The van der Waals surface area contributed by atoms with Crippen LogP contribution in [0.4, 0.5) is 0 Å². The molecular formula is C14H22O2. The van der Waals surface area contributed by atoms with E-state index in [2.05, 4.69) is 25.1 Å². The standard InChI is InChI=1S/C14H22O2/c1-4-14(16-5-2)13(15)10-12-8-6-7-11(3)9-12/h6-9,13-15H,4-5,10H2,1-3H3. The second-order valence-corrected chi connectivity index (χ2v) is 4.16. The lowest BCUT2D eigenvalue weighted by Gasteiger charge is -2.21. The monoisotopic (exact) mass is 222 g/mol. The number of rotatable bonds is 6. The van der Waals surface area contributed by atoms with Gasteiger partial charge in [0, 0.05) is 13.0 Å². The Morgan fingerprint density at radius 2 is 2.06 bits per heavy atom. The molecule has 0 bridgehead atoms. The van der Waals surface area contributed by atoms with Gasteiger partial charge in [-0.05, 0) is 25.8 Å². The Hall–Kier alpha value is -0.860. The Balaban J connectivity index is 2.58. The lowest BCUT2D eigenvalue weighted by molar-refractivity contribution is -0.0334. The van der Waals surface area contributed by atoms with Crippen molar-refractivity contribution in [2.45, 2.75) is 45.8 Å². The maximum atomic E-state index is 10.1. The Bertz CT molecular complexity index is 309. The van der Waals surface area contributed by atoms with Gasteiger partial charge in [-0.2, -0.15) is 0 Å². The Morgan fingerprint density at radius 3 is 2.62 bits per heavy atom. The minimum Gasteiger partial charge on any atom is -0.390 e. The van der Waals surface area contributed by atoms with E-state index >= 15 is 0 Å². The van der Waals surface area contributed by atoms with Crippen molar-refractivity contribution in [1.29, 1.82) is 0 Å². The molecule has 1 aromatic carbocycles. The van der Waals surface area contributed by atoms with E-state index < -0.39 is 6.10 Å². The molecule has 2 atom stereocenters. The average molecular weight is 222 g/mol. The number of aryl methyl sites for hydroxylation is 1. The van der Waals surface area contributed by atoms with Crippen molar-refractivity contribution in [1.82, 2.24) is 0 Å². The normalized spacial score (nSPS) is 14.8. The van der Waals surface area contributed by atoms with Crippen LogP contribution in [0.5, 0.6) is 0 Å². The summed E-state index contributed by atoms with van der Waals surface area (Å²) in [5.41, 5.74) is 2.40. The van der Waals surface area contributed by atoms with Crippen molar-refractivity contribution in [3.8, 4) is 0 Å². The van der Waals surface area contributed by atoms with Crippen LogP contribution in [-0.2, 0) is 11.2 Å². The van der Waals surface area contributed by atoms with Crippen molar-refractivity contribution in [2.75, 3.05) is 6.61 Å². The zero-order valence-electron chi connectivity index (χ0n) is 10.4. The molecule has 0 aliphatic carbocycles. The van der Waals surface area contributed by atoms with E-state index in [1.165, 1.54) is 11.1 Å². The lowest BCUT2D eigenvalue weighted by atomic mass is 10.0. The van der Waals surface area contributed by atoms with Gasteiger partial charge < -0.3 is 9.84 Å². The summed E-state index contributed by atoms with van der Waals surface area (Å²) in [6, 6.07) is 8.26. The summed E-state index contributed by atoms with van der Waals surface area (Å²) in [6.07, 6.45) is 1.05. The van der Waals surface area contributed by atoms with E-state index in [4.69, 9.17) is 4.74 Å². The number of aliphatic hydroxyl groups excluding tert-OH is 1. The molecule has 0 saturated carbocycles. The molecular weight excluding hydrogens is 200 g/mol. The summed E-state index contributed by atoms with van der Waals surface area (Å²) in [5, 5.41) is 10.1. The number of ether oxygens (including phenoxy) is 1. The smallest absolute Gasteiger partial charge is 0.0841 e. The second-order valence-electron chi connectivity index (χ2n) is 4.16. The van der Waals surface area contributed by atoms with Crippen LogP contribution in [0, 0.1) is 6.92 Å². The highest BCUT2D eigenvalue weighted by molar-refractivity contribution is 5.22. The predicted octanol–water partition coefficient (Wildman–Crippen LogP) is 2.71. The van der Waals surface area contributed by atoms with Gasteiger partial charge in [0.05, 0.1) is 12.2 Å². The maximum absolute atomic E-state index is 10.1. The molecule has 0 amide bonds. The second kappa shape index (κ2) is 6.66. The first-order chi connectivity index (χ1) is 7.67. The van der Waals surface area contributed by atoms with Gasteiger partial charge in [0.15, 0.2) is 0 Å². The molecule has 2 nitrogen and oxygen atoms in total. The van der Waals surface area contributed by atoms with Gasteiger partial charge >= 0.3 is 0 Å². The lowest BCUT2D eigenvalue weighted by Crippen LogP contribution is -2.30. The average Bonchev–Trinajstić information content (AvgIpc) is 2.25. The van der Waals surface area contributed by atoms with Crippen LogP contribution in [0.1, 0.15) is 31.4 Å². The zero-order chi connectivity index (χ0) is 12.0. The number of hydrogen-bond acceptors (Lipinski definition) is 2. The first kappa shape index (κ1) is 13.2. The number of aliphatic hydroxyl groups is 1. The first-order valence-corrected chi connectivity index (χ1v) is 6.02. The molecule has 0 saturated heterocycles. The number of benzene rings is 1. The molecule has 1 aromatic rings. The van der Waals surface area contributed by atoms with Crippen molar-refractivity contribution in [2.24, 2.45) is 0 Å². The van der Waals surface area contributed by atoms with Gasteiger partial charge in [-0.3, -0.25) is 0 Å². The molecule has 0 aliphatic heterocycles. The third-order valence-corrected chi connectivity index (χ3v) is 2.74.